The van der Waals surface area contributed by atoms with Gasteiger partial charge in [-0.15, -0.1) is 11.3 Å². The summed E-state index contributed by atoms with van der Waals surface area (Å²) in [7, 11) is 1.74. The van der Waals surface area contributed by atoms with Gasteiger partial charge in [0.2, 0.25) is 5.88 Å². The van der Waals surface area contributed by atoms with E-state index >= 15 is 0 Å². The van der Waals surface area contributed by atoms with E-state index in [-0.39, 0.29) is 11.5 Å². The Morgan fingerprint density at radius 3 is 2.67 bits per heavy atom. The number of methoxy groups -OCH3 is 1. The summed E-state index contributed by atoms with van der Waals surface area (Å²) in [5, 5.41) is 11.9. The van der Waals surface area contributed by atoms with Gasteiger partial charge in [-0.1, -0.05) is 6.92 Å². The number of ether oxygens (including phenoxy) is 1. The smallest absolute Gasteiger partial charge is 0.222 e. The van der Waals surface area contributed by atoms with Gasteiger partial charge in [-0.3, -0.25) is 0 Å². The number of nitrogens with zero attached hydrogens (tertiary/aromatic N) is 1. The van der Waals surface area contributed by atoms with Crippen LogP contribution in [-0.4, -0.2) is 17.2 Å². The summed E-state index contributed by atoms with van der Waals surface area (Å²) in [6.45, 7) is 2.28. The number of aromatic nitrogens is 1. The molecule has 0 radical (unpaired) electrons. The highest BCUT2D eigenvalue weighted by Crippen LogP contribution is 2.43. The van der Waals surface area contributed by atoms with Crippen molar-refractivity contribution in [3.63, 3.8) is 0 Å². The Labute approximate surface area is 94.1 Å². The average Bonchev–Trinajstić information content (AvgIpc) is 2.67. The van der Waals surface area contributed by atoms with E-state index in [0.717, 1.165) is 23.8 Å². The van der Waals surface area contributed by atoms with E-state index in [1.165, 1.54) is 24.2 Å². The minimum atomic E-state index is -0.238. The lowest BCUT2D eigenvalue weighted by atomic mass is 9.80. The van der Waals surface area contributed by atoms with Gasteiger partial charge < -0.3 is 9.84 Å². The van der Waals surface area contributed by atoms with Gasteiger partial charge in [-0.25, -0.2) is 4.98 Å². The molecule has 15 heavy (non-hydrogen) atoms. The van der Waals surface area contributed by atoms with E-state index in [1.54, 1.807) is 12.5 Å². The fourth-order valence-electron chi connectivity index (χ4n) is 2.21. The monoisotopic (exact) mass is 227 g/mol. The molecular weight excluding hydrogens is 210 g/mol. The highest BCUT2D eigenvalue weighted by molar-refractivity contribution is 7.10. The molecule has 3 nitrogen and oxygen atoms in total. The van der Waals surface area contributed by atoms with Crippen molar-refractivity contribution in [2.45, 2.75) is 38.2 Å². The van der Waals surface area contributed by atoms with Gasteiger partial charge in [0.25, 0.3) is 0 Å². The summed E-state index contributed by atoms with van der Waals surface area (Å²) in [6.07, 6.45) is 4.37. The Morgan fingerprint density at radius 1 is 1.53 bits per heavy atom. The Hall–Kier alpha value is -0.610. The maximum Gasteiger partial charge on any atom is 0.222 e. The zero-order valence-electron chi connectivity index (χ0n) is 9.19. The van der Waals surface area contributed by atoms with Crippen LogP contribution < -0.4 is 0 Å². The Morgan fingerprint density at radius 2 is 2.20 bits per heavy atom. The second kappa shape index (κ2) is 4.10. The molecule has 1 heterocycles. The minimum Gasteiger partial charge on any atom is -0.493 e. The summed E-state index contributed by atoms with van der Waals surface area (Å²) in [4.78, 5) is 4.15. The van der Waals surface area contributed by atoms with Gasteiger partial charge in [-0.05, 0) is 31.6 Å². The number of hydrogen-bond donors (Lipinski definition) is 1. The summed E-state index contributed by atoms with van der Waals surface area (Å²) in [5.74, 6) is 0.895. The van der Waals surface area contributed by atoms with Crippen LogP contribution in [0.2, 0.25) is 0 Å². The predicted molar refractivity (Wildman–Crippen MR) is 60.1 cm³/mol. The van der Waals surface area contributed by atoms with Gasteiger partial charge in [-0.2, -0.15) is 0 Å². The molecule has 4 heteroatoms. The third kappa shape index (κ3) is 2.01. The molecule has 0 aliphatic heterocycles. The Balaban J connectivity index is 2.22. The van der Waals surface area contributed by atoms with E-state index < -0.39 is 0 Å². The second-order valence-electron chi connectivity index (χ2n) is 4.39. The Bertz CT molecular complexity index is 329. The third-order valence-electron chi connectivity index (χ3n) is 3.35. The van der Waals surface area contributed by atoms with Crippen molar-refractivity contribution < 1.29 is 9.84 Å². The fraction of sp³-hybridized carbons (Fsp3) is 0.727. The molecule has 0 saturated heterocycles. The first-order valence-electron chi connectivity index (χ1n) is 5.36. The maximum absolute atomic E-state index is 9.29. The average molecular weight is 227 g/mol. The van der Waals surface area contributed by atoms with Crippen LogP contribution in [0.4, 0.5) is 0 Å². The van der Waals surface area contributed by atoms with E-state index in [9.17, 15) is 5.11 Å². The van der Waals surface area contributed by atoms with Crippen LogP contribution in [-0.2, 0) is 10.3 Å². The van der Waals surface area contributed by atoms with Crippen molar-refractivity contribution in [1.82, 2.24) is 4.98 Å². The quantitative estimate of drug-likeness (QED) is 0.844. The largest absolute Gasteiger partial charge is 0.493 e. The van der Waals surface area contributed by atoms with Crippen molar-refractivity contribution in [3.8, 4) is 5.88 Å². The highest BCUT2D eigenvalue weighted by Gasteiger charge is 2.38. The van der Waals surface area contributed by atoms with Crippen LogP contribution in [0.25, 0.3) is 0 Å². The van der Waals surface area contributed by atoms with Gasteiger partial charge in [0, 0.05) is 7.11 Å². The molecule has 1 aromatic rings. The van der Waals surface area contributed by atoms with Crippen molar-refractivity contribution in [3.05, 3.63) is 10.4 Å². The van der Waals surface area contributed by atoms with Gasteiger partial charge in [0.15, 0.2) is 0 Å². The molecule has 0 bridgehead atoms. The number of thiazole rings is 1. The molecular formula is C11H17NO2S. The fourth-order valence-corrected chi connectivity index (χ4v) is 3.13. The lowest BCUT2D eigenvalue weighted by molar-refractivity contribution is -0.0533. The zero-order valence-corrected chi connectivity index (χ0v) is 10.0. The Kier molecular flexibility index (Phi) is 2.98. The van der Waals surface area contributed by atoms with Crippen molar-refractivity contribution >= 4 is 11.3 Å². The molecule has 1 saturated carbocycles. The van der Waals surface area contributed by atoms with Gasteiger partial charge in [0.05, 0.1) is 5.38 Å². The van der Waals surface area contributed by atoms with Crippen LogP contribution in [0.1, 0.15) is 37.6 Å². The molecule has 2 rings (SSSR count). The molecule has 0 spiro atoms. The van der Waals surface area contributed by atoms with E-state index in [4.69, 9.17) is 4.74 Å². The zero-order chi connectivity index (χ0) is 10.9. The molecule has 1 aliphatic rings. The maximum atomic E-state index is 9.29. The molecule has 1 N–H and O–H groups in total. The molecule has 1 aliphatic carbocycles. The molecule has 0 atom stereocenters. The molecule has 0 aromatic carbocycles. The molecule has 0 amide bonds. The van der Waals surface area contributed by atoms with Crippen LogP contribution >= 0.6 is 11.3 Å². The SMILES string of the molecule is COC1(c2nc(O)cs2)CCC(C)CC1. The normalized spacial score (nSPS) is 31.7. The van der Waals surface area contributed by atoms with Gasteiger partial charge >= 0.3 is 0 Å². The molecule has 0 unspecified atom stereocenters. The van der Waals surface area contributed by atoms with Gasteiger partial charge in [0.1, 0.15) is 10.6 Å². The minimum absolute atomic E-state index is 0.116. The number of aromatic hydroxyl groups is 1. The molecule has 1 aromatic heterocycles. The van der Waals surface area contributed by atoms with Crippen molar-refractivity contribution in [2.75, 3.05) is 7.11 Å². The van der Waals surface area contributed by atoms with Crippen LogP contribution in [0, 0.1) is 5.92 Å². The summed E-state index contributed by atoms with van der Waals surface area (Å²) >= 11 is 1.49. The summed E-state index contributed by atoms with van der Waals surface area (Å²) in [6, 6.07) is 0. The molecule has 84 valence electrons. The van der Waals surface area contributed by atoms with E-state index in [0.29, 0.717) is 0 Å². The van der Waals surface area contributed by atoms with E-state index in [2.05, 4.69) is 11.9 Å². The van der Waals surface area contributed by atoms with Crippen LogP contribution in [0.15, 0.2) is 5.38 Å². The van der Waals surface area contributed by atoms with E-state index in [1.807, 2.05) is 0 Å². The first-order chi connectivity index (χ1) is 7.16. The van der Waals surface area contributed by atoms with Crippen molar-refractivity contribution in [2.24, 2.45) is 5.92 Å². The first-order valence-corrected chi connectivity index (χ1v) is 6.24. The second-order valence-corrected chi connectivity index (χ2v) is 5.25. The number of hydrogen-bond acceptors (Lipinski definition) is 4. The lowest BCUT2D eigenvalue weighted by Crippen LogP contribution is -2.33. The number of rotatable bonds is 2. The van der Waals surface area contributed by atoms with Crippen LogP contribution in [0.5, 0.6) is 5.88 Å². The summed E-state index contributed by atoms with van der Waals surface area (Å²) < 4.78 is 5.66. The topological polar surface area (TPSA) is 42.4 Å². The lowest BCUT2D eigenvalue weighted by Gasteiger charge is -2.36. The van der Waals surface area contributed by atoms with Crippen LogP contribution in [0.3, 0.4) is 0 Å². The standard InChI is InChI=1S/C11H17NO2S/c1-8-3-5-11(14-2,6-4-8)10-12-9(13)7-15-10/h7-8,13H,3-6H2,1-2H3. The summed E-state index contributed by atoms with van der Waals surface area (Å²) in [5.41, 5.74) is -0.238. The third-order valence-corrected chi connectivity index (χ3v) is 4.37. The predicted octanol–water partition coefficient (Wildman–Crippen LogP) is 2.90. The highest BCUT2D eigenvalue weighted by atomic mass is 32.1. The molecule has 1 fully saturated rings. The van der Waals surface area contributed by atoms with Crippen molar-refractivity contribution in [1.29, 1.82) is 0 Å². The first kappa shape index (κ1) is 10.9.